The van der Waals surface area contributed by atoms with Crippen LogP contribution in [0, 0.1) is 24.1 Å². The minimum absolute atomic E-state index is 0.0144. The zero-order valence-corrected chi connectivity index (χ0v) is 21.2. The third-order valence-corrected chi connectivity index (χ3v) is 10.8. The number of amidine groups is 1. The minimum atomic E-state index is -2.90. The first-order valence-corrected chi connectivity index (χ1v) is 13.1. The van der Waals surface area contributed by atoms with E-state index in [1.165, 1.54) is 18.3 Å². The third-order valence-electron chi connectivity index (χ3n) is 7.07. The summed E-state index contributed by atoms with van der Waals surface area (Å²) in [5, 5.41) is 8.46. The molecule has 0 radical (unpaired) electrons. The maximum Gasteiger partial charge on any atom is 0.187 e. The van der Waals surface area contributed by atoms with Crippen LogP contribution in [-0.4, -0.2) is 42.3 Å². The number of ketones is 1. The summed E-state index contributed by atoms with van der Waals surface area (Å²) in [6.45, 7) is 7.44. The van der Waals surface area contributed by atoms with Gasteiger partial charge in [-0.15, -0.1) is 0 Å². The van der Waals surface area contributed by atoms with Crippen molar-refractivity contribution < 1.29 is 13.4 Å². The van der Waals surface area contributed by atoms with Crippen molar-refractivity contribution in [3.05, 3.63) is 58.4 Å². The average molecular weight is 497 g/mol. The smallest absolute Gasteiger partial charge is 0.187 e. The van der Waals surface area contributed by atoms with Crippen LogP contribution >= 0.6 is 0 Å². The molecule has 2 N–H and O–H groups in total. The molecule has 0 fully saturated rings. The first-order chi connectivity index (χ1) is 16.4. The number of rotatable bonds is 4. The second kappa shape index (κ2) is 8.79. The van der Waals surface area contributed by atoms with Crippen molar-refractivity contribution in [1.82, 2.24) is 9.97 Å². The van der Waals surface area contributed by atoms with Gasteiger partial charge in [0.15, 0.2) is 5.78 Å². The van der Waals surface area contributed by atoms with Crippen molar-refractivity contribution >= 4 is 21.3 Å². The van der Waals surface area contributed by atoms with E-state index in [1.54, 1.807) is 33.8 Å². The predicted octanol–water partition coefficient (Wildman–Crippen LogP) is 3.61. The van der Waals surface area contributed by atoms with E-state index in [0.29, 0.717) is 29.8 Å². The standard InChI is InChI=1S/C25H29FN6O2S/c1-15-11-16(13-27)14-29-21(15)19(33)12-17-8-9-18(26)22(31-17)25(4)20-7-5-6-10-30-35(20,34)24(2,3)23(28)32-25/h8-9,11,14,20H,5-7,10,12H2,1-4H3,(H2,28,32)/t20-,25-,35-/m0/s1. The number of halogens is 1. The summed E-state index contributed by atoms with van der Waals surface area (Å²) in [5.74, 6) is -0.742. The van der Waals surface area contributed by atoms with Crippen LogP contribution in [0.2, 0.25) is 0 Å². The molecule has 2 aliphatic heterocycles. The molecule has 0 saturated carbocycles. The summed E-state index contributed by atoms with van der Waals surface area (Å²) < 4.78 is 33.3. The van der Waals surface area contributed by atoms with Gasteiger partial charge in [0.25, 0.3) is 0 Å². The molecular weight excluding hydrogens is 467 g/mol. The van der Waals surface area contributed by atoms with Crippen LogP contribution in [0.25, 0.3) is 0 Å². The van der Waals surface area contributed by atoms with Crippen LogP contribution in [-0.2, 0) is 21.7 Å². The minimum Gasteiger partial charge on any atom is -0.386 e. The SMILES string of the molecule is Cc1cc(C#N)cnc1C(=O)Cc1ccc(F)c([C@@]2(C)N=C(N)C(C)(C)[S@]3(=O)=NCCCC[C@@H]23)n1. The van der Waals surface area contributed by atoms with Crippen molar-refractivity contribution in [2.24, 2.45) is 15.1 Å². The number of nitriles is 1. The highest BCUT2D eigenvalue weighted by Gasteiger charge is 2.56. The van der Waals surface area contributed by atoms with Gasteiger partial charge in [0.1, 0.15) is 39.4 Å². The molecule has 0 aromatic carbocycles. The van der Waals surface area contributed by atoms with Crippen molar-refractivity contribution in [3.63, 3.8) is 0 Å². The van der Waals surface area contributed by atoms with Gasteiger partial charge in [0, 0.05) is 18.4 Å². The number of aromatic nitrogens is 2. The molecule has 0 amide bonds. The molecule has 0 bridgehead atoms. The van der Waals surface area contributed by atoms with Crippen LogP contribution in [0.5, 0.6) is 0 Å². The van der Waals surface area contributed by atoms with Gasteiger partial charge in [0.05, 0.1) is 27.0 Å². The highest BCUT2D eigenvalue weighted by Crippen LogP contribution is 2.46. The largest absolute Gasteiger partial charge is 0.386 e. The van der Waals surface area contributed by atoms with Gasteiger partial charge < -0.3 is 5.73 Å². The molecule has 4 heterocycles. The van der Waals surface area contributed by atoms with Crippen molar-refractivity contribution in [3.8, 4) is 6.07 Å². The highest BCUT2D eigenvalue weighted by molar-refractivity contribution is 7.96. The van der Waals surface area contributed by atoms with Crippen LogP contribution in [0.1, 0.15) is 73.0 Å². The lowest BCUT2D eigenvalue weighted by molar-refractivity contribution is 0.0986. The van der Waals surface area contributed by atoms with E-state index in [0.717, 1.165) is 12.8 Å². The van der Waals surface area contributed by atoms with E-state index in [1.807, 2.05) is 6.07 Å². The molecule has 0 saturated heterocycles. The number of nitrogens with two attached hydrogens (primary N) is 1. The lowest BCUT2D eigenvalue weighted by Crippen LogP contribution is -2.59. The Bertz CT molecular complexity index is 1400. The summed E-state index contributed by atoms with van der Waals surface area (Å²) in [6, 6.07) is 6.30. The van der Waals surface area contributed by atoms with E-state index in [-0.39, 0.29) is 29.4 Å². The van der Waals surface area contributed by atoms with Crippen LogP contribution < -0.4 is 5.73 Å². The molecule has 8 nitrogen and oxygen atoms in total. The number of aryl methyl sites for hydroxylation is 1. The highest BCUT2D eigenvalue weighted by atomic mass is 32.2. The Morgan fingerprint density at radius 3 is 2.74 bits per heavy atom. The Morgan fingerprint density at radius 1 is 1.31 bits per heavy atom. The Hall–Kier alpha value is -3.19. The summed E-state index contributed by atoms with van der Waals surface area (Å²) in [6.07, 6.45) is 3.37. The summed E-state index contributed by atoms with van der Waals surface area (Å²) in [4.78, 5) is 26.3. The molecule has 2 aromatic rings. The molecule has 35 heavy (non-hydrogen) atoms. The van der Waals surface area contributed by atoms with E-state index >= 15 is 4.39 Å². The fraction of sp³-hybridized carbons (Fsp3) is 0.480. The van der Waals surface area contributed by atoms with E-state index < -0.39 is 31.1 Å². The van der Waals surface area contributed by atoms with Crippen LogP contribution in [0.3, 0.4) is 0 Å². The normalized spacial score (nSPS) is 27.5. The van der Waals surface area contributed by atoms with E-state index in [9.17, 15) is 9.00 Å². The fourth-order valence-electron chi connectivity index (χ4n) is 4.92. The lowest BCUT2D eigenvalue weighted by atomic mass is 9.88. The van der Waals surface area contributed by atoms with E-state index in [2.05, 4.69) is 14.3 Å². The lowest BCUT2D eigenvalue weighted by Gasteiger charge is -2.46. The molecule has 4 rings (SSSR count). The number of hydrogen-bond acceptors (Lipinski definition) is 8. The zero-order valence-electron chi connectivity index (χ0n) is 20.3. The van der Waals surface area contributed by atoms with Crippen molar-refractivity contribution in [2.45, 2.75) is 68.9 Å². The van der Waals surface area contributed by atoms with Gasteiger partial charge in [-0.1, -0.05) is 6.42 Å². The molecule has 2 aromatic heterocycles. The van der Waals surface area contributed by atoms with Gasteiger partial charge >= 0.3 is 0 Å². The molecule has 184 valence electrons. The second-order valence-corrected chi connectivity index (χ2v) is 12.8. The Kier molecular flexibility index (Phi) is 6.26. The maximum atomic E-state index is 15.3. The Morgan fingerprint density at radius 2 is 2.06 bits per heavy atom. The number of nitrogens with zero attached hydrogens (tertiary/aromatic N) is 5. The molecule has 2 aliphatic rings. The van der Waals surface area contributed by atoms with Gasteiger partial charge in [-0.25, -0.2) is 13.0 Å². The number of hydrogen-bond donors (Lipinski definition) is 1. The van der Waals surface area contributed by atoms with Crippen molar-refractivity contribution in [2.75, 3.05) is 6.54 Å². The van der Waals surface area contributed by atoms with Gasteiger partial charge in [-0.05, 0) is 64.3 Å². The Labute approximate surface area is 205 Å². The first-order valence-electron chi connectivity index (χ1n) is 11.6. The maximum absolute atomic E-state index is 15.3. The number of carbonyl (C=O) groups is 1. The molecule has 0 unspecified atom stereocenters. The first kappa shape index (κ1) is 24.9. The monoisotopic (exact) mass is 496 g/mol. The molecular formula is C25H29FN6O2S. The average Bonchev–Trinajstić information content (AvgIpc) is 3.02. The quantitative estimate of drug-likeness (QED) is 0.643. The molecule has 0 spiro atoms. The molecule has 10 heteroatoms. The van der Waals surface area contributed by atoms with Crippen LogP contribution in [0.15, 0.2) is 33.8 Å². The van der Waals surface area contributed by atoms with Crippen LogP contribution in [0.4, 0.5) is 4.39 Å². The number of carbonyl (C=O) groups excluding carboxylic acids is 1. The predicted molar refractivity (Wildman–Crippen MR) is 132 cm³/mol. The number of Topliss-reactive ketones (excluding diaryl/α,β-unsaturated/α-hetero) is 1. The number of pyridine rings is 2. The third kappa shape index (κ3) is 4.01. The zero-order chi connectivity index (χ0) is 25.6. The summed E-state index contributed by atoms with van der Waals surface area (Å²) in [7, 11) is -2.90. The van der Waals surface area contributed by atoms with Crippen molar-refractivity contribution in [1.29, 1.82) is 5.26 Å². The second-order valence-electron chi connectivity index (χ2n) is 9.79. The molecule has 3 atom stereocenters. The topological polar surface area (TPSA) is 134 Å². The fourth-order valence-corrected chi connectivity index (χ4v) is 8.16. The number of fused-ring (bicyclic) bond motifs is 1. The summed E-state index contributed by atoms with van der Waals surface area (Å²) in [5.41, 5.74) is 6.56. The Balaban J connectivity index is 1.78. The van der Waals surface area contributed by atoms with Gasteiger partial charge in [-0.3, -0.25) is 19.8 Å². The molecule has 0 aliphatic carbocycles. The summed E-state index contributed by atoms with van der Waals surface area (Å²) >= 11 is 0. The van der Waals surface area contributed by atoms with E-state index in [4.69, 9.17) is 16.0 Å². The van der Waals surface area contributed by atoms with Gasteiger partial charge in [-0.2, -0.15) is 5.26 Å². The number of aliphatic imine (C=N–C) groups is 1. The van der Waals surface area contributed by atoms with Gasteiger partial charge in [0.2, 0.25) is 0 Å².